The topological polar surface area (TPSA) is 34.1 Å². The first-order valence-corrected chi connectivity index (χ1v) is 5.07. The first-order valence-electron chi connectivity index (χ1n) is 1.04. The van der Waals surface area contributed by atoms with E-state index in [-0.39, 0.29) is 5.21 Å². The molecule has 0 rings (SSSR count). The number of rotatable bonds is 1. The van der Waals surface area contributed by atoms with Crippen molar-refractivity contribution in [2.75, 3.05) is 5.21 Å². The van der Waals surface area contributed by atoms with Crippen LogP contribution in [0.3, 0.4) is 0 Å². The largest absolute Gasteiger partial charge is 0.223 e. The Labute approximate surface area is 48.6 Å². The molecule has 0 aromatic heterocycles. The summed E-state index contributed by atoms with van der Waals surface area (Å²) in [7, 11) is -3.08. The maximum Gasteiger partial charge on any atom is 0.223 e. The zero-order valence-corrected chi connectivity index (χ0v) is 5.85. The van der Waals surface area contributed by atoms with Crippen molar-refractivity contribution in [2.45, 2.75) is 0 Å². The van der Waals surface area contributed by atoms with Crippen molar-refractivity contribution >= 4 is 34.7 Å². The van der Waals surface area contributed by atoms with E-state index in [2.05, 4.69) is 14.8 Å². The number of hydrogen-bond acceptors (Lipinski definition) is 2. The molecule has 0 unspecified atom stereocenters. The minimum absolute atomic E-state index is 0.368. The van der Waals surface area contributed by atoms with Gasteiger partial charge in [0, 0.05) is 0 Å². The second-order valence-corrected chi connectivity index (χ2v) is 5.56. The smallest absolute Gasteiger partial charge is 0.216 e. The fourth-order valence-corrected chi connectivity index (χ4v) is 0. The van der Waals surface area contributed by atoms with Gasteiger partial charge in [0.2, 0.25) is 8.27 Å². The first kappa shape index (κ1) is 6.72. The van der Waals surface area contributed by atoms with Crippen LogP contribution in [0.25, 0.3) is 0 Å². The highest BCUT2D eigenvalue weighted by Gasteiger charge is 1.96. The van der Waals surface area contributed by atoms with Crippen molar-refractivity contribution in [3.63, 3.8) is 0 Å². The number of alkyl halides is 1. The first-order chi connectivity index (χ1) is 2.56. The van der Waals surface area contributed by atoms with Gasteiger partial charge in [-0.1, -0.05) is 0 Å². The Hall–Kier alpha value is 0.720. The molecule has 2 nitrogen and oxygen atoms in total. The van der Waals surface area contributed by atoms with Crippen LogP contribution < -0.4 is 0 Å². The molecular formula is CH2BrClO2S. The minimum atomic E-state index is -3.08. The molecule has 38 valence electrons. The molecule has 0 aliphatic rings. The lowest BCUT2D eigenvalue weighted by molar-refractivity contribution is 0.615. The van der Waals surface area contributed by atoms with E-state index < -0.39 is 8.27 Å². The molecule has 0 heterocycles. The molecule has 0 atom stereocenters. The molecule has 0 amide bonds. The van der Waals surface area contributed by atoms with Gasteiger partial charge in [0.15, 0.2) is 0 Å². The average Bonchev–Trinajstić information content (AvgIpc) is 1.35. The van der Waals surface area contributed by atoms with Gasteiger partial charge in [-0.2, -0.15) is 0 Å². The third-order valence-corrected chi connectivity index (χ3v) is 2.73. The van der Waals surface area contributed by atoms with Crippen LogP contribution >= 0.6 is 26.4 Å². The molecule has 5 heteroatoms. The van der Waals surface area contributed by atoms with E-state index in [1.807, 2.05) is 0 Å². The van der Waals surface area contributed by atoms with Crippen molar-refractivity contribution in [1.29, 1.82) is 0 Å². The second-order valence-electron chi connectivity index (χ2n) is 0.648. The molecule has 0 aliphatic carbocycles. The van der Waals surface area contributed by atoms with Crippen LogP contribution in [0.5, 0.6) is 0 Å². The molecule has 0 aromatic carbocycles. The normalized spacial score (nSPS) is 11.7. The highest BCUT2D eigenvalue weighted by atomic mass is 79.9. The van der Waals surface area contributed by atoms with E-state index >= 15 is 0 Å². The van der Waals surface area contributed by atoms with Crippen LogP contribution in [-0.4, -0.2) is 13.6 Å². The van der Waals surface area contributed by atoms with Crippen LogP contribution in [0.15, 0.2) is 0 Å². The molecule has 0 bridgehead atoms. The van der Waals surface area contributed by atoms with Crippen LogP contribution in [0.1, 0.15) is 0 Å². The summed E-state index contributed by atoms with van der Waals surface area (Å²) >= 11 is 7.16. The van der Waals surface area contributed by atoms with Gasteiger partial charge in [0.05, 0.1) is 14.8 Å². The number of hydrogen-bond donors (Lipinski definition) is 0. The van der Waals surface area contributed by atoms with Crippen LogP contribution in [-0.2, 0) is 8.27 Å². The average molecular weight is 193 g/mol. The van der Waals surface area contributed by atoms with Gasteiger partial charge in [0.1, 0.15) is 5.21 Å². The number of halogens is 2. The monoisotopic (exact) mass is 192 g/mol. The lowest BCUT2D eigenvalue weighted by atomic mass is 11.9. The highest BCUT2D eigenvalue weighted by Crippen LogP contribution is 2.00. The van der Waals surface area contributed by atoms with Gasteiger partial charge < -0.3 is 0 Å². The zero-order valence-electron chi connectivity index (χ0n) is 2.69. The summed E-state index contributed by atoms with van der Waals surface area (Å²) in [6.45, 7) is 0. The molecule has 0 radical (unpaired) electrons. The van der Waals surface area contributed by atoms with E-state index in [4.69, 9.17) is 11.6 Å². The Bertz CT molecular complexity index is 116. The molecule has 0 N–H and O–H groups in total. The third kappa shape index (κ3) is 4.72. The van der Waals surface area contributed by atoms with Crippen molar-refractivity contribution < 1.29 is 8.42 Å². The molecule has 0 spiro atoms. The van der Waals surface area contributed by atoms with Crippen molar-refractivity contribution in [3.8, 4) is 0 Å². The molecule has 0 aliphatic heterocycles. The molecule has 0 aromatic rings. The van der Waals surface area contributed by atoms with Crippen molar-refractivity contribution in [1.82, 2.24) is 0 Å². The van der Waals surface area contributed by atoms with Gasteiger partial charge in [-0.25, -0.2) is 8.42 Å². The Morgan fingerprint density at radius 1 is 1.67 bits per heavy atom. The van der Waals surface area contributed by atoms with E-state index in [1.54, 1.807) is 0 Å². The summed E-state index contributed by atoms with van der Waals surface area (Å²) in [5, 5.41) is -0.368. The van der Waals surface area contributed by atoms with Gasteiger partial charge in [-0.15, -0.1) is 11.6 Å². The SMILES string of the molecule is O=S(=O)(Br)CCl. The fraction of sp³-hybridized carbons (Fsp3) is 1.00. The maximum absolute atomic E-state index is 9.78. The summed E-state index contributed by atoms with van der Waals surface area (Å²) in [4.78, 5) is 0. The molecule has 6 heavy (non-hydrogen) atoms. The lowest BCUT2D eigenvalue weighted by Gasteiger charge is -1.75. The Morgan fingerprint density at radius 2 is 1.83 bits per heavy atom. The summed E-state index contributed by atoms with van der Waals surface area (Å²) < 4.78 is 19.6. The van der Waals surface area contributed by atoms with E-state index in [0.717, 1.165) is 0 Å². The van der Waals surface area contributed by atoms with E-state index in [0.29, 0.717) is 0 Å². The lowest BCUT2D eigenvalue weighted by Crippen LogP contribution is -1.84. The summed E-state index contributed by atoms with van der Waals surface area (Å²) in [6, 6.07) is 0. The quantitative estimate of drug-likeness (QED) is 0.458. The molecular weight excluding hydrogens is 191 g/mol. The Morgan fingerprint density at radius 3 is 1.83 bits per heavy atom. The summed E-state index contributed by atoms with van der Waals surface area (Å²) in [5.74, 6) is 0. The minimum Gasteiger partial charge on any atom is -0.216 e. The molecule has 0 saturated carbocycles. The van der Waals surface area contributed by atoms with Crippen LogP contribution in [0.2, 0.25) is 0 Å². The van der Waals surface area contributed by atoms with Gasteiger partial charge in [0.25, 0.3) is 0 Å². The standard InChI is InChI=1S/CH2BrClO2S/c2-6(4,5)1-3/h1H2. The predicted molar refractivity (Wildman–Crippen MR) is 28.6 cm³/mol. The van der Waals surface area contributed by atoms with E-state index in [1.165, 1.54) is 0 Å². The Kier molecular flexibility index (Phi) is 2.39. The van der Waals surface area contributed by atoms with E-state index in [9.17, 15) is 8.42 Å². The third-order valence-electron chi connectivity index (χ3n) is 0.130. The van der Waals surface area contributed by atoms with Crippen LogP contribution in [0, 0.1) is 0 Å². The maximum atomic E-state index is 9.78. The highest BCUT2D eigenvalue weighted by molar-refractivity contribution is 9.47. The van der Waals surface area contributed by atoms with Crippen LogP contribution in [0.4, 0.5) is 0 Å². The predicted octanol–water partition coefficient (Wildman–Crippen LogP) is 0.907. The Balaban J connectivity index is 3.85. The van der Waals surface area contributed by atoms with Gasteiger partial charge >= 0.3 is 0 Å². The molecule has 0 saturated heterocycles. The second kappa shape index (κ2) is 2.14. The van der Waals surface area contributed by atoms with Crippen molar-refractivity contribution in [3.05, 3.63) is 0 Å². The fourth-order valence-electron chi connectivity index (χ4n) is 0. The summed E-state index contributed by atoms with van der Waals surface area (Å²) in [5.41, 5.74) is 0. The van der Waals surface area contributed by atoms with Gasteiger partial charge in [-0.05, 0) is 0 Å². The van der Waals surface area contributed by atoms with Crippen molar-refractivity contribution in [2.24, 2.45) is 0 Å². The molecule has 0 fully saturated rings. The summed E-state index contributed by atoms with van der Waals surface area (Å²) in [6.07, 6.45) is 0. The zero-order chi connectivity index (χ0) is 5.21. The van der Waals surface area contributed by atoms with Gasteiger partial charge in [-0.3, -0.25) is 0 Å².